The second kappa shape index (κ2) is 9.83. The summed E-state index contributed by atoms with van der Waals surface area (Å²) in [6.45, 7) is 2.30. The van der Waals surface area contributed by atoms with Crippen LogP contribution in [0.25, 0.3) is 0 Å². The standard InChI is InChI=1S/C24H26N4O2S/c1-17-11-13-19(14-12-17)22(23(29)25-20-9-5-6-10-20)28(15-18-7-3-2-4-8-18)24(30)21-16-31-27-26-21/h2-4,7-8,11-14,16,20,22H,5-6,9-10,15H2,1H3,(H,25,29)/t22-/m1/s1. The molecule has 2 aromatic carbocycles. The van der Waals surface area contributed by atoms with Crippen molar-refractivity contribution in [3.05, 3.63) is 82.4 Å². The van der Waals surface area contributed by atoms with Crippen molar-refractivity contribution >= 4 is 23.3 Å². The molecule has 1 aromatic heterocycles. The topological polar surface area (TPSA) is 75.2 Å². The van der Waals surface area contributed by atoms with Crippen LogP contribution in [0.1, 0.15) is 58.9 Å². The molecular weight excluding hydrogens is 408 g/mol. The Kier molecular flexibility index (Phi) is 6.72. The minimum Gasteiger partial charge on any atom is -0.351 e. The Morgan fingerprint density at radius 3 is 2.45 bits per heavy atom. The fourth-order valence-corrected chi connectivity index (χ4v) is 4.47. The molecule has 1 atom stereocenters. The van der Waals surface area contributed by atoms with Crippen LogP contribution in [0.15, 0.2) is 60.0 Å². The highest BCUT2D eigenvalue weighted by Crippen LogP contribution is 2.27. The number of nitrogens with zero attached hydrogens (tertiary/aromatic N) is 3. The highest BCUT2D eigenvalue weighted by molar-refractivity contribution is 7.03. The van der Waals surface area contributed by atoms with E-state index in [1.807, 2.05) is 61.5 Å². The number of nitrogens with one attached hydrogen (secondary N) is 1. The van der Waals surface area contributed by atoms with E-state index in [0.717, 1.165) is 53.9 Å². The molecule has 6 nitrogen and oxygen atoms in total. The molecule has 1 aliphatic carbocycles. The summed E-state index contributed by atoms with van der Waals surface area (Å²) < 4.78 is 3.85. The maximum Gasteiger partial charge on any atom is 0.276 e. The predicted octanol–water partition coefficient (Wildman–Crippen LogP) is 4.29. The van der Waals surface area contributed by atoms with E-state index in [1.165, 1.54) is 0 Å². The van der Waals surface area contributed by atoms with Gasteiger partial charge in [0, 0.05) is 18.0 Å². The van der Waals surface area contributed by atoms with E-state index >= 15 is 0 Å². The van der Waals surface area contributed by atoms with Crippen molar-refractivity contribution in [1.82, 2.24) is 19.8 Å². The third kappa shape index (κ3) is 5.17. The van der Waals surface area contributed by atoms with E-state index in [2.05, 4.69) is 14.9 Å². The zero-order chi connectivity index (χ0) is 21.6. The van der Waals surface area contributed by atoms with E-state index < -0.39 is 6.04 Å². The van der Waals surface area contributed by atoms with Gasteiger partial charge in [-0.3, -0.25) is 9.59 Å². The van der Waals surface area contributed by atoms with E-state index in [-0.39, 0.29) is 23.6 Å². The Hall–Kier alpha value is -3.06. The molecule has 0 spiro atoms. The number of hydrogen-bond acceptors (Lipinski definition) is 5. The Labute approximate surface area is 186 Å². The van der Waals surface area contributed by atoms with Gasteiger partial charge in [-0.2, -0.15) is 0 Å². The summed E-state index contributed by atoms with van der Waals surface area (Å²) in [5, 5.41) is 8.80. The van der Waals surface area contributed by atoms with Gasteiger partial charge in [-0.15, -0.1) is 5.10 Å². The molecule has 31 heavy (non-hydrogen) atoms. The summed E-state index contributed by atoms with van der Waals surface area (Å²) in [6.07, 6.45) is 4.21. The molecule has 160 valence electrons. The first-order valence-electron chi connectivity index (χ1n) is 10.6. The summed E-state index contributed by atoms with van der Waals surface area (Å²) >= 11 is 1.13. The quantitative estimate of drug-likeness (QED) is 0.602. The lowest BCUT2D eigenvalue weighted by Crippen LogP contribution is -2.46. The summed E-state index contributed by atoms with van der Waals surface area (Å²) in [4.78, 5) is 28.6. The van der Waals surface area contributed by atoms with Gasteiger partial charge in [-0.05, 0) is 42.4 Å². The number of hydrogen-bond donors (Lipinski definition) is 1. The van der Waals surface area contributed by atoms with Crippen molar-refractivity contribution < 1.29 is 9.59 Å². The highest BCUT2D eigenvalue weighted by atomic mass is 32.1. The van der Waals surface area contributed by atoms with Gasteiger partial charge in [0.1, 0.15) is 6.04 Å². The fourth-order valence-electron chi connectivity index (χ4n) is 4.04. The van der Waals surface area contributed by atoms with Crippen LogP contribution in [0.4, 0.5) is 0 Å². The summed E-state index contributed by atoms with van der Waals surface area (Å²) in [5.74, 6) is -0.451. The Bertz CT molecular complexity index is 1000. The first-order valence-corrected chi connectivity index (χ1v) is 11.4. The van der Waals surface area contributed by atoms with Gasteiger partial charge in [-0.25, -0.2) is 0 Å². The molecule has 1 fully saturated rings. The molecule has 0 saturated heterocycles. The largest absolute Gasteiger partial charge is 0.351 e. The van der Waals surface area contributed by atoms with Crippen molar-refractivity contribution in [3.8, 4) is 0 Å². The SMILES string of the molecule is Cc1ccc([C@H](C(=O)NC2CCCC2)N(Cc2ccccc2)C(=O)c2csnn2)cc1. The maximum absolute atomic E-state index is 13.6. The number of amides is 2. The van der Waals surface area contributed by atoms with Gasteiger partial charge >= 0.3 is 0 Å². The molecule has 2 amide bonds. The molecular formula is C24H26N4O2S. The van der Waals surface area contributed by atoms with Gasteiger partial charge in [0.05, 0.1) is 0 Å². The van der Waals surface area contributed by atoms with Crippen LogP contribution in [-0.2, 0) is 11.3 Å². The predicted molar refractivity (Wildman–Crippen MR) is 121 cm³/mol. The van der Waals surface area contributed by atoms with Crippen molar-refractivity contribution in [2.45, 2.75) is 51.2 Å². The minimum absolute atomic E-state index is 0.150. The number of carbonyl (C=O) groups excluding carboxylic acids is 2. The number of aromatic nitrogens is 2. The maximum atomic E-state index is 13.6. The van der Waals surface area contributed by atoms with Gasteiger partial charge in [0.25, 0.3) is 5.91 Å². The molecule has 1 N–H and O–H groups in total. The Morgan fingerprint density at radius 1 is 1.10 bits per heavy atom. The molecule has 3 aromatic rings. The lowest BCUT2D eigenvalue weighted by molar-refractivity contribution is -0.126. The van der Waals surface area contributed by atoms with E-state index in [1.54, 1.807) is 10.3 Å². The van der Waals surface area contributed by atoms with Crippen molar-refractivity contribution in [2.75, 3.05) is 0 Å². The van der Waals surface area contributed by atoms with E-state index in [9.17, 15) is 9.59 Å². The van der Waals surface area contributed by atoms with E-state index in [4.69, 9.17) is 0 Å². The van der Waals surface area contributed by atoms with Crippen LogP contribution in [0.2, 0.25) is 0 Å². The second-order valence-electron chi connectivity index (χ2n) is 8.01. The number of carbonyl (C=O) groups is 2. The number of aryl methyl sites for hydroxylation is 1. The molecule has 0 unspecified atom stereocenters. The third-order valence-electron chi connectivity index (χ3n) is 5.69. The van der Waals surface area contributed by atoms with Crippen LogP contribution >= 0.6 is 11.5 Å². The normalized spacial score (nSPS) is 14.9. The van der Waals surface area contributed by atoms with Crippen molar-refractivity contribution in [1.29, 1.82) is 0 Å². The third-order valence-corrected chi connectivity index (χ3v) is 6.20. The van der Waals surface area contributed by atoms with Gasteiger partial charge in [-0.1, -0.05) is 77.5 Å². The smallest absolute Gasteiger partial charge is 0.276 e. The van der Waals surface area contributed by atoms with Crippen molar-refractivity contribution in [2.24, 2.45) is 0 Å². The highest BCUT2D eigenvalue weighted by Gasteiger charge is 2.34. The summed E-state index contributed by atoms with van der Waals surface area (Å²) in [5.41, 5.74) is 3.09. The molecule has 4 rings (SSSR count). The zero-order valence-electron chi connectivity index (χ0n) is 17.5. The number of rotatable bonds is 7. The van der Waals surface area contributed by atoms with E-state index in [0.29, 0.717) is 6.54 Å². The van der Waals surface area contributed by atoms with Crippen LogP contribution in [-0.4, -0.2) is 32.3 Å². The van der Waals surface area contributed by atoms with Crippen LogP contribution < -0.4 is 5.32 Å². The lowest BCUT2D eigenvalue weighted by atomic mass is 10.0. The molecule has 7 heteroatoms. The monoisotopic (exact) mass is 434 g/mol. The molecule has 0 aliphatic heterocycles. The molecule has 1 saturated carbocycles. The Morgan fingerprint density at radius 2 is 1.81 bits per heavy atom. The first-order chi connectivity index (χ1) is 15.1. The fraction of sp³-hybridized carbons (Fsp3) is 0.333. The van der Waals surface area contributed by atoms with Gasteiger partial charge in [0.15, 0.2) is 5.69 Å². The van der Waals surface area contributed by atoms with Crippen LogP contribution in [0.3, 0.4) is 0 Å². The second-order valence-corrected chi connectivity index (χ2v) is 8.62. The summed E-state index contributed by atoms with van der Waals surface area (Å²) in [7, 11) is 0. The lowest BCUT2D eigenvalue weighted by Gasteiger charge is -2.32. The van der Waals surface area contributed by atoms with Crippen LogP contribution in [0, 0.1) is 6.92 Å². The molecule has 0 radical (unpaired) electrons. The summed E-state index contributed by atoms with van der Waals surface area (Å²) in [6, 6.07) is 16.9. The average molecular weight is 435 g/mol. The minimum atomic E-state index is -0.754. The van der Waals surface area contributed by atoms with Crippen molar-refractivity contribution in [3.63, 3.8) is 0 Å². The van der Waals surface area contributed by atoms with Gasteiger partial charge in [0.2, 0.25) is 5.91 Å². The average Bonchev–Trinajstić information content (AvgIpc) is 3.49. The first kappa shape index (κ1) is 21.2. The molecule has 0 bridgehead atoms. The van der Waals surface area contributed by atoms with Crippen LogP contribution in [0.5, 0.6) is 0 Å². The number of benzene rings is 2. The van der Waals surface area contributed by atoms with Gasteiger partial charge < -0.3 is 10.2 Å². The molecule has 1 aliphatic rings. The zero-order valence-corrected chi connectivity index (χ0v) is 18.3. The Balaban J connectivity index is 1.72. The molecule has 1 heterocycles.